The number of aromatic nitrogens is 2. The highest BCUT2D eigenvalue weighted by Crippen LogP contribution is 2.33. The third-order valence-electron chi connectivity index (χ3n) is 4.40. The Balaban J connectivity index is 1.61. The molecule has 0 amide bonds. The number of ketones is 1. The molecule has 1 heterocycles. The number of carbonyl (C=O) groups excluding carboxylic acids is 1. The van der Waals surface area contributed by atoms with E-state index in [2.05, 4.69) is 10.2 Å². The molecule has 1 aromatic carbocycles. The lowest BCUT2D eigenvalue weighted by molar-refractivity contribution is 0.102. The molecule has 0 radical (unpaired) electrons. The van der Waals surface area contributed by atoms with Gasteiger partial charge in [-0.3, -0.25) is 4.79 Å². The number of benzene rings is 1. The van der Waals surface area contributed by atoms with Gasteiger partial charge in [-0.1, -0.05) is 48.7 Å². The van der Waals surface area contributed by atoms with Gasteiger partial charge in [-0.05, 0) is 38.3 Å². The smallest absolute Gasteiger partial charge is 0.277 e. The van der Waals surface area contributed by atoms with E-state index >= 15 is 0 Å². The van der Waals surface area contributed by atoms with Crippen LogP contribution in [-0.4, -0.2) is 21.7 Å². The summed E-state index contributed by atoms with van der Waals surface area (Å²) in [6.45, 7) is 3.96. The van der Waals surface area contributed by atoms with Gasteiger partial charge in [-0.2, -0.15) is 0 Å². The first-order chi connectivity index (χ1) is 11.1. The normalized spacial score (nSPS) is 15.7. The largest absolute Gasteiger partial charge is 0.416 e. The molecule has 1 aliphatic carbocycles. The molecule has 2 aromatic rings. The third-order valence-corrected chi connectivity index (χ3v) is 5.22. The van der Waals surface area contributed by atoms with Crippen molar-refractivity contribution < 1.29 is 9.21 Å². The SMILES string of the molecule is Cc1ccc(C)c(C(=O)CSc2nnc(C3CCCCC3)o2)c1. The Morgan fingerprint density at radius 1 is 1.22 bits per heavy atom. The van der Waals surface area contributed by atoms with Crippen LogP contribution in [0.1, 0.15) is 65.4 Å². The van der Waals surface area contributed by atoms with Gasteiger partial charge in [0, 0.05) is 11.5 Å². The minimum atomic E-state index is 0.105. The van der Waals surface area contributed by atoms with Gasteiger partial charge in [0.2, 0.25) is 5.89 Å². The van der Waals surface area contributed by atoms with Gasteiger partial charge in [0.1, 0.15) is 0 Å². The van der Waals surface area contributed by atoms with Crippen molar-refractivity contribution in [3.63, 3.8) is 0 Å². The number of nitrogens with zero attached hydrogens (tertiary/aromatic N) is 2. The maximum absolute atomic E-state index is 12.4. The molecule has 1 aliphatic rings. The lowest BCUT2D eigenvalue weighted by Crippen LogP contribution is -2.05. The van der Waals surface area contributed by atoms with Crippen molar-refractivity contribution in [2.45, 2.75) is 57.1 Å². The van der Waals surface area contributed by atoms with Crippen LogP contribution in [0.3, 0.4) is 0 Å². The zero-order valence-electron chi connectivity index (χ0n) is 13.7. The Hall–Kier alpha value is -1.62. The quantitative estimate of drug-likeness (QED) is 0.587. The molecule has 3 rings (SSSR count). The van der Waals surface area contributed by atoms with E-state index in [4.69, 9.17) is 4.42 Å². The van der Waals surface area contributed by atoms with Crippen LogP contribution in [0.2, 0.25) is 0 Å². The molecule has 0 unspecified atom stereocenters. The van der Waals surface area contributed by atoms with E-state index in [1.165, 1.54) is 31.0 Å². The third kappa shape index (κ3) is 4.02. The number of Topliss-reactive ketones (excluding diaryl/α,β-unsaturated/α-hetero) is 1. The van der Waals surface area contributed by atoms with E-state index in [1.807, 2.05) is 32.0 Å². The van der Waals surface area contributed by atoms with Gasteiger partial charge in [0.05, 0.1) is 5.75 Å². The highest BCUT2D eigenvalue weighted by molar-refractivity contribution is 7.99. The Kier molecular flexibility index (Phi) is 5.16. The molecule has 0 N–H and O–H groups in total. The Morgan fingerprint density at radius 2 is 2.00 bits per heavy atom. The average Bonchev–Trinajstić information content (AvgIpc) is 3.05. The van der Waals surface area contributed by atoms with Gasteiger partial charge < -0.3 is 4.42 Å². The molecular formula is C18H22N2O2S. The van der Waals surface area contributed by atoms with E-state index in [9.17, 15) is 4.79 Å². The molecule has 0 saturated heterocycles. The molecule has 1 saturated carbocycles. The van der Waals surface area contributed by atoms with E-state index in [1.54, 1.807) is 0 Å². The molecular weight excluding hydrogens is 308 g/mol. The minimum absolute atomic E-state index is 0.105. The van der Waals surface area contributed by atoms with Crippen LogP contribution in [0.4, 0.5) is 0 Å². The second-order valence-corrected chi connectivity index (χ2v) is 7.20. The summed E-state index contributed by atoms with van der Waals surface area (Å²) in [5.74, 6) is 1.58. The second-order valence-electron chi connectivity index (χ2n) is 6.27. The molecule has 1 fully saturated rings. The molecule has 23 heavy (non-hydrogen) atoms. The standard InChI is InChI=1S/C18H22N2O2S/c1-12-8-9-13(2)15(10-12)16(21)11-23-18-20-19-17(22-18)14-6-4-3-5-7-14/h8-10,14H,3-7,11H2,1-2H3. The lowest BCUT2D eigenvalue weighted by Gasteiger charge is -2.17. The van der Waals surface area contributed by atoms with Crippen molar-refractivity contribution in [1.82, 2.24) is 10.2 Å². The van der Waals surface area contributed by atoms with Crippen LogP contribution in [-0.2, 0) is 0 Å². The van der Waals surface area contributed by atoms with Gasteiger partial charge in [-0.15, -0.1) is 10.2 Å². The Bertz CT molecular complexity index is 690. The summed E-state index contributed by atoms with van der Waals surface area (Å²) in [6, 6.07) is 5.95. The van der Waals surface area contributed by atoms with E-state index in [0.717, 1.165) is 35.4 Å². The van der Waals surface area contributed by atoms with Crippen LogP contribution in [0.25, 0.3) is 0 Å². The minimum Gasteiger partial charge on any atom is -0.416 e. The van der Waals surface area contributed by atoms with Gasteiger partial charge in [0.25, 0.3) is 5.22 Å². The summed E-state index contributed by atoms with van der Waals surface area (Å²) in [6.07, 6.45) is 6.04. The van der Waals surface area contributed by atoms with Crippen molar-refractivity contribution in [3.8, 4) is 0 Å². The summed E-state index contributed by atoms with van der Waals surface area (Å²) < 4.78 is 5.75. The highest BCUT2D eigenvalue weighted by Gasteiger charge is 2.21. The summed E-state index contributed by atoms with van der Waals surface area (Å²) in [5.41, 5.74) is 2.89. The van der Waals surface area contributed by atoms with Gasteiger partial charge >= 0.3 is 0 Å². The number of aryl methyl sites for hydroxylation is 2. The van der Waals surface area contributed by atoms with Crippen LogP contribution in [0, 0.1) is 13.8 Å². The molecule has 0 spiro atoms. The predicted octanol–water partition coefficient (Wildman–Crippen LogP) is 4.71. The molecule has 5 heteroatoms. The van der Waals surface area contributed by atoms with Crippen LogP contribution in [0.15, 0.2) is 27.8 Å². The summed E-state index contributed by atoms with van der Waals surface area (Å²) in [7, 11) is 0. The van der Waals surface area contributed by atoms with Gasteiger partial charge in [-0.25, -0.2) is 0 Å². The van der Waals surface area contributed by atoms with Gasteiger partial charge in [0.15, 0.2) is 5.78 Å². The van der Waals surface area contributed by atoms with Crippen LogP contribution in [0.5, 0.6) is 0 Å². The van der Waals surface area contributed by atoms with Crippen molar-refractivity contribution >= 4 is 17.5 Å². The van der Waals surface area contributed by atoms with Crippen molar-refractivity contribution in [3.05, 3.63) is 40.8 Å². The molecule has 0 bridgehead atoms. The van der Waals surface area contributed by atoms with E-state index in [0.29, 0.717) is 16.9 Å². The van der Waals surface area contributed by atoms with Crippen molar-refractivity contribution in [2.75, 3.05) is 5.75 Å². The maximum atomic E-state index is 12.4. The predicted molar refractivity (Wildman–Crippen MR) is 91.1 cm³/mol. The molecule has 122 valence electrons. The second kappa shape index (κ2) is 7.30. The first-order valence-corrected chi connectivity index (χ1v) is 9.18. The average molecular weight is 330 g/mol. The summed E-state index contributed by atoms with van der Waals surface area (Å²) >= 11 is 1.33. The topological polar surface area (TPSA) is 56.0 Å². The number of rotatable bonds is 5. The summed E-state index contributed by atoms with van der Waals surface area (Å²) in [5, 5.41) is 8.77. The monoisotopic (exact) mass is 330 g/mol. The fourth-order valence-corrected chi connectivity index (χ4v) is 3.69. The van der Waals surface area contributed by atoms with Crippen molar-refractivity contribution in [1.29, 1.82) is 0 Å². The fourth-order valence-electron chi connectivity index (χ4n) is 3.03. The molecule has 4 nitrogen and oxygen atoms in total. The zero-order valence-corrected chi connectivity index (χ0v) is 14.5. The highest BCUT2D eigenvalue weighted by atomic mass is 32.2. The summed E-state index contributed by atoms with van der Waals surface area (Å²) in [4.78, 5) is 12.4. The Morgan fingerprint density at radius 3 is 2.78 bits per heavy atom. The number of hydrogen-bond acceptors (Lipinski definition) is 5. The van der Waals surface area contributed by atoms with Crippen LogP contribution >= 0.6 is 11.8 Å². The number of carbonyl (C=O) groups is 1. The molecule has 0 aliphatic heterocycles. The van der Waals surface area contributed by atoms with Crippen LogP contribution < -0.4 is 0 Å². The number of thioether (sulfide) groups is 1. The van der Waals surface area contributed by atoms with E-state index < -0.39 is 0 Å². The molecule has 0 atom stereocenters. The lowest BCUT2D eigenvalue weighted by atomic mass is 9.89. The van der Waals surface area contributed by atoms with Crippen molar-refractivity contribution in [2.24, 2.45) is 0 Å². The molecule has 1 aromatic heterocycles. The zero-order chi connectivity index (χ0) is 16.2. The number of hydrogen-bond donors (Lipinski definition) is 0. The van der Waals surface area contributed by atoms with E-state index in [-0.39, 0.29) is 5.78 Å². The maximum Gasteiger partial charge on any atom is 0.277 e. The fraction of sp³-hybridized carbons (Fsp3) is 0.500. The Labute approximate surface area is 141 Å². The first-order valence-electron chi connectivity index (χ1n) is 8.20. The first kappa shape index (κ1) is 16.2.